The first-order valence-electron chi connectivity index (χ1n) is 26.9. The van der Waals surface area contributed by atoms with E-state index in [-0.39, 0.29) is 61.7 Å². The minimum Gasteiger partial charge on any atom is -0.481 e. The monoisotopic (exact) mass is 1200 g/mol. The molecule has 32 nitrogen and oxygen atoms in total. The number of likely N-dealkylation sites (N-methyl/N-ethyl adjacent to an activating group) is 2. The average Bonchev–Trinajstić information content (AvgIpc) is 4.26. The summed E-state index contributed by atoms with van der Waals surface area (Å²) in [5.74, 6) is -9.25. The lowest BCUT2D eigenvalue weighted by molar-refractivity contribution is -0.163. The van der Waals surface area contributed by atoms with Crippen molar-refractivity contribution in [3.8, 4) is 0 Å². The van der Waals surface area contributed by atoms with Crippen LogP contribution in [0.3, 0.4) is 0 Å². The van der Waals surface area contributed by atoms with Crippen molar-refractivity contribution in [3.63, 3.8) is 0 Å². The van der Waals surface area contributed by atoms with Crippen LogP contribution < -0.4 is 49.5 Å². The van der Waals surface area contributed by atoms with E-state index in [1.54, 1.807) is 14.1 Å². The Hall–Kier alpha value is -7.13. The largest absolute Gasteiger partial charge is 0.481 e. The van der Waals surface area contributed by atoms with Crippen LogP contribution in [0.5, 0.6) is 0 Å². The highest BCUT2D eigenvalue weighted by atomic mass is 16.6. The molecule has 32 heteroatoms. The Morgan fingerprint density at radius 1 is 0.506 bits per heavy atom. The van der Waals surface area contributed by atoms with Gasteiger partial charge in [0.15, 0.2) is 12.2 Å². The van der Waals surface area contributed by atoms with E-state index in [9.17, 15) is 62.3 Å². The Morgan fingerprint density at radius 3 is 1.00 bits per heavy atom. The van der Waals surface area contributed by atoms with Crippen LogP contribution in [0.4, 0.5) is 0 Å². The molecule has 1 saturated carbocycles. The third-order valence-electron chi connectivity index (χ3n) is 11.7. The highest BCUT2D eigenvalue weighted by Gasteiger charge is 2.27. The first-order chi connectivity index (χ1) is 38.4. The summed E-state index contributed by atoms with van der Waals surface area (Å²) < 4.78 is 8.98. The van der Waals surface area contributed by atoms with Crippen molar-refractivity contribution in [1.82, 2.24) is 26.6 Å². The van der Waals surface area contributed by atoms with Crippen molar-refractivity contribution >= 4 is 77.4 Å². The molecule has 9 atom stereocenters. The summed E-state index contributed by atoms with van der Waals surface area (Å²) in [5, 5.41) is 80.9. The maximum atomic E-state index is 11.1. The second kappa shape index (κ2) is 47.4. The number of nitrogens with one attached hydrogen (secondary N) is 5. The summed E-state index contributed by atoms with van der Waals surface area (Å²) in [5.41, 5.74) is 20.4. The molecule has 3 heterocycles. The topological polar surface area (TPSA) is 566 Å². The lowest BCUT2D eigenvalue weighted by atomic mass is 10.0. The molecule has 480 valence electrons. The molecule has 3 saturated heterocycles. The number of hydrogen-bond acceptors (Lipinski definition) is 21. The van der Waals surface area contributed by atoms with Crippen LogP contribution in [0.1, 0.15) is 144 Å². The molecule has 4 fully saturated rings. The number of carboxylic acids is 8. The number of ether oxygens (including phenoxy) is 2. The zero-order valence-corrected chi connectivity index (χ0v) is 48.7. The third-order valence-corrected chi connectivity index (χ3v) is 11.7. The van der Waals surface area contributed by atoms with E-state index in [0.717, 1.165) is 64.5 Å². The number of aliphatic carboxylic acids is 8. The van der Waals surface area contributed by atoms with E-state index in [1.807, 2.05) is 27.7 Å². The lowest BCUT2D eigenvalue weighted by Gasteiger charge is -2.13. The number of nitrogens with two attached hydrogens (primary N) is 4. The standard InChI is InChI=1S/2C8H14N2O5.2C7H15NO2.C6H10O2.C5H7NO3.2C5H9NO2/c2*1-4(7(12)13)15-8(14)5(9)2-3-6(10)11;2*1-5(2)4-6(8-3)7(9)10;7-6(8)5-3-1-2-4-5;7-4-2-1-3(6-4)5(8)9;2*7-5(8)4-2-1-3-6-4/h2*4-5H,2-3,9H2,1H3,(H2,10,11)(H,12,13);2*5-6,8H,4H2,1-3H3,(H,9,10);5H,1-4H2,(H,7,8);3H,1-2H2,(H,6,7)(H,8,9);2*4,6H,1-3H2,(H,7,8)/t2*4-,5?;;;;3-;4-;/m00...00./s1. The quantitative estimate of drug-likeness (QED) is 0.0508. The van der Waals surface area contributed by atoms with E-state index in [1.165, 1.54) is 13.8 Å². The van der Waals surface area contributed by atoms with Gasteiger partial charge in [-0.05, 0) is 123 Å². The normalized spacial score (nSPS) is 18.7. The molecule has 0 aromatic carbocycles. The fourth-order valence-electron chi connectivity index (χ4n) is 6.85. The van der Waals surface area contributed by atoms with Crippen LogP contribution in [0.2, 0.25) is 0 Å². The van der Waals surface area contributed by atoms with Gasteiger partial charge in [-0.1, -0.05) is 40.5 Å². The lowest BCUT2D eigenvalue weighted by Crippen LogP contribution is -2.37. The number of carboxylic acid groups (broad SMARTS) is 8. The van der Waals surface area contributed by atoms with Crippen molar-refractivity contribution in [2.45, 2.75) is 199 Å². The number of rotatable bonds is 24. The van der Waals surface area contributed by atoms with Gasteiger partial charge in [-0.25, -0.2) is 14.4 Å². The Bertz CT molecular complexity index is 1870. The first-order valence-corrected chi connectivity index (χ1v) is 26.9. The molecule has 0 aromatic heterocycles. The zero-order valence-electron chi connectivity index (χ0n) is 48.7. The Morgan fingerprint density at radius 2 is 0.843 bits per heavy atom. The molecule has 0 spiro atoms. The highest BCUT2D eigenvalue weighted by Crippen LogP contribution is 2.24. The van der Waals surface area contributed by atoms with Gasteiger partial charge in [-0.3, -0.25) is 47.9 Å². The van der Waals surface area contributed by atoms with Crippen LogP contribution >= 0.6 is 0 Å². The Kier molecular flexibility index (Phi) is 47.0. The van der Waals surface area contributed by atoms with Gasteiger partial charge >= 0.3 is 59.7 Å². The molecule has 5 unspecified atom stereocenters. The Balaban J connectivity index is -0.000000434. The number of carbonyl (C=O) groups excluding carboxylic acids is 5. The molecular weight excluding hydrogens is 1110 g/mol. The van der Waals surface area contributed by atoms with E-state index < -0.39 is 102 Å². The maximum absolute atomic E-state index is 11.1. The summed E-state index contributed by atoms with van der Waals surface area (Å²) in [7, 11) is 3.34. The SMILES string of the molecule is CNC(CC(C)C)C(=O)O.CNC(CC(C)C)C(=O)O.C[C@H](OC(=O)C(N)CCC(N)=O)C(=O)O.C[C@H](OC(=O)C(N)CCC(N)=O)C(=O)O.O=C(O)C1CCCC1.O=C(O)C1CCCN1.O=C(O)[C@@H]1CCCN1.O=C1CC[C@@H](C(=O)O)N1. The fraction of sp³-hybridized carbons (Fsp3) is 0.745. The molecule has 3 amide bonds. The predicted octanol–water partition coefficient (Wildman–Crippen LogP) is -1.14. The van der Waals surface area contributed by atoms with Gasteiger partial charge in [0.1, 0.15) is 42.3 Å². The van der Waals surface area contributed by atoms with E-state index in [0.29, 0.717) is 37.5 Å². The summed E-state index contributed by atoms with van der Waals surface area (Å²) in [6.07, 6.45) is 7.21. The van der Waals surface area contributed by atoms with Crippen LogP contribution in [-0.2, 0) is 71.8 Å². The smallest absolute Gasteiger partial charge is 0.344 e. The van der Waals surface area contributed by atoms with Crippen molar-refractivity contribution in [1.29, 1.82) is 0 Å². The average molecular weight is 1200 g/mol. The second-order valence-electron chi connectivity index (χ2n) is 20.0. The second-order valence-corrected chi connectivity index (χ2v) is 20.0. The molecule has 4 aliphatic rings. The molecule has 1 aliphatic carbocycles. The molecule has 4 rings (SSSR count). The zero-order chi connectivity index (χ0) is 65.1. The van der Waals surface area contributed by atoms with Gasteiger partial charge in [0.05, 0.1) is 5.92 Å². The predicted molar refractivity (Wildman–Crippen MR) is 295 cm³/mol. The summed E-state index contributed by atoms with van der Waals surface area (Å²) in [4.78, 5) is 135. The van der Waals surface area contributed by atoms with Crippen LogP contribution in [0, 0.1) is 17.8 Å². The fourth-order valence-corrected chi connectivity index (χ4v) is 6.85. The minimum absolute atomic E-state index is 0.0185. The van der Waals surface area contributed by atoms with Gasteiger partial charge in [0.25, 0.3) is 0 Å². The molecule has 0 aromatic rings. The Labute approximate surface area is 482 Å². The van der Waals surface area contributed by atoms with E-state index >= 15 is 0 Å². The number of amides is 3. The minimum atomic E-state index is -1.26. The van der Waals surface area contributed by atoms with E-state index in [2.05, 4.69) is 36.1 Å². The molecule has 0 radical (unpaired) electrons. The van der Waals surface area contributed by atoms with Crippen molar-refractivity contribution < 1.29 is 113 Å². The van der Waals surface area contributed by atoms with E-state index in [4.69, 9.17) is 63.8 Å². The molecule has 3 aliphatic heterocycles. The van der Waals surface area contributed by atoms with Crippen LogP contribution in [0.25, 0.3) is 0 Å². The summed E-state index contributed by atoms with van der Waals surface area (Å²) in [6, 6.07) is -4.01. The van der Waals surface area contributed by atoms with Gasteiger partial charge in [0.2, 0.25) is 17.7 Å². The summed E-state index contributed by atoms with van der Waals surface area (Å²) >= 11 is 0. The number of hydrogen-bond donors (Lipinski definition) is 17. The molecule has 0 bridgehead atoms. The third kappa shape index (κ3) is 46.1. The van der Waals surface area contributed by atoms with Crippen molar-refractivity contribution in [3.05, 3.63) is 0 Å². The number of esters is 2. The number of carbonyl (C=O) groups is 13. The molecule has 83 heavy (non-hydrogen) atoms. The maximum Gasteiger partial charge on any atom is 0.344 e. The van der Waals surface area contributed by atoms with Crippen LogP contribution in [-0.4, -0.2) is 200 Å². The van der Waals surface area contributed by atoms with Gasteiger partial charge in [0, 0.05) is 19.3 Å². The van der Waals surface area contributed by atoms with Crippen molar-refractivity contribution in [2.24, 2.45) is 40.7 Å². The highest BCUT2D eigenvalue weighted by molar-refractivity contribution is 5.87. The van der Waals surface area contributed by atoms with Gasteiger partial charge in [-0.2, -0.15) is 0 Å². The summed E-state index contributed by atoms with van der Waals surface area (Å²) in [6.45, 7) is 12.2. The molecule has 21 N–H and O–H groups in total. The first kappa shape index (κ1) is 82.3. The van der Waals surface area contributed by atoms with Gasteiger partial charge < -0.3 is 99.8 Å². The number of primary amides is 2. The van der Waals surface area contributed by atoms with Crippen LogP contribution in [0.15, 0.2) is 0 Å². The van der Waals surface area contributed by atoms with Gasteiger partial charge in [-0.15, -0.1) is 0 Å². The molecular formula is C51H93N9O23. The van der Waals surface area contributed by atoms with Crippen molar-refractivity contribution in [2.75, 3.05) is 27.2 Å².